The Bertz CT molecular complexity index is 7260. The lowest BCUT2D eigenvalue weighted by Crippen LogP contribution is -2.43. The van der Waals surface area contributed by atoms with Crippen LogP contribution in [-0.4, -0.2) is 34.3 Å². The molecule has 25 atom stereocenters. The van der Waals surface area contributed by atoms with Gasteiger partial charge in [-0.2, -0.15) is 0 Å². The SMILES string of the molecule is CC1(C)c2cc(Br)ccc2-c2ccc(C3=CC4C=CC5C=CC=CC5C4C4C=CC=CC34)cc21.CC1(C)c2cc(Br)ccc2-c2ccc(I)cc21.CC1(C)c2cc(C3=C4C=CCC5c6ccccc6C(C=C3)C45)ccc2C2C=CC(C3=CC4C=CC5C=CC=CC5C4C4C=CC=CC34)=CC21.OB(O)C1=CC2C=CC3C=CC=CC3C2C2C=CC=CC12.OB(O)C1=CC=C2c3ccccc3C3=CC=CC1C32. The summed E-state index contributed by atoms with van der Waals surface area (Å²) in [5, 5.41) is 38.5. The number of fused-ring (bicyclic) bond motifs is 30. The van der Waals surface area contributed by atoms with Gasteiger partial charge in [-0.05, 0) is 299 Å². The van der Waals surface area contributed by atoms with E-state index in [2.05, 4.69) is 485 Å². The molecule has 29 rings (SSSR count). The van der Waals surface area contributed by atoms with E-state index in [1.165, 1.54) is 115 Å². The summed E-state index contributed by atoms with van der Waals surface area (Å²) in [7, 11) is -2.74. The van der Waals surface area contributed by atoms with Crippen LogP contribution >= 0.6 is 54.5 Å². The van der Waals surface area contributed by atoms with E-state index in [0.717, 1.165) is 20.8 Å². The molecule has 25 unspecified atom stereocenters. The van der Waals surface area contributed by atoms with Crippen molar-refractivity contribution < 1.29 is 20.1 Å². The Morgan fingerprint density at radius 1 is 0.329 bits per heavy atom. The van der Waals surface area contributed by atoms with Crippen molar-refractivity contribution in [3.05, 3.63) is 520 Å². The first-order valence-electron chi connectivity index (χ1n) is 51.3. The molecule has 0 radical (unpaired) electrons. The lowest BCUT2D eigenvalue weighted by molar-refractivity contribution is 0.185. The zero-order valence-electron chi connectivity index (χ0n) is 80.0. The van der Waals surface area contributed by atoms with Gasteiger partial charge in [0.15, 0.2) is 0 Å². The highest BCUT2D eigenvalue weighted by Crippen LogP contribution is 2.64. The maximum atomic E-state index is 9.72. The van der Waals surface area contributed by atoms with Crippen LogP contribution in [-0.2, 0) is 16.2 Å². The molecular formula is C131H117B2Br2IO4. The normalized spacial score (nSPS) is 33.3. The van der Waals surface area contributed by atoms with Gasteiger partial charge in [-0.1, -0.05) is 444 Å². The van der Waals surface area contributed by atoms with Crippen LogP contribution in [0.15, 0.2) is 450 Å². The Hall–Kier alpha value is -10.8. The van der Waals surface area contributed by atoms with E-state index in [4.69, 9.17) is 0 Å². The van der Waals surface area contributed by atoms with Crippen molar-refractivity contribution in [1.82, 2.24) is 0 Å². The minimum absolute atomic E-state index is 0.00111. The molecule has 0 amide bonds. The number of benzene rings is 7. The van der Waals surface area contributed by atoms with Gasteiger partial charge in [0, 0.05) is 88.4 Å². The molecular weight excluding hydrogens is 1950 g/mol. The zero-order chi connectivity index (χ0) is 95.0. The minimum Gasteiger partial charge on any atom is -0.423 e. The summed E-state index contributed by atoms with van der Waals surface area (Å²) in [4.78, 5) is 0. The van der Waals surface area contributed by atoms with E-state index in [1.807, 2.05) is 24.3 Å². The highest BCUT2D eigenvalue weighted by molar-refractivity contribution is 14.1. The molecule has 7 aromatic carbocycles. The fourth-order valence-corrected chi connectivity index (χ4v) is 31.2. The molecule has 140 heavy (non-hydrogen) atoms. The van der Waals surface area contributed by atoms with Crippen LogP contribution in [0.25, 0.3) is 44.5 Å². The van der Waals surface area contributed by atoms with E-state index in [9.17, 15) is 20.1 Å². The first-order valence-corrected chi connectivity index (χ1v) is 54.0. The molecule has 0 fully saturated rings. The van der Waals surface area contributed by atoms with Gasteiger partial charge in [-0.15, -0.1) is 0 Å². The standard InChI is InChI=1S/C49H44.C33H29Br.C18H19BO2.C16H13BO2.C15H12BrI/c1-49(2)45-27-30(33-24-25-43-36-13-6-5-12-35(36)42-17-9-16-40(33)48(42)43)20-22-38(45)39-23-21-31(28-46(39)49)44-26-32-19-18-29-10-3-4-11-34(29)47(32)41-15-8-7-14-37(41)44;1-33(2)30-18-21(13-15-26(30)27-16-14-23(34)19-31(27)33)29-17-22-12-11-20-7-3-4-8-24(20)32(22)28-10-6-5-9-25(28)29;20-19(21)17-11-13-10-9-12-5-1-2-6-14(12)18(13)16-8-4-3-7-15(16)17;18-17(19)15-9-8-13-11-5-2-1-4-10(11)12-6-3-7-14(15)16(12)13;1-15(2)13-7-9(16)3-5-11(13)12-6-4-10(17)8-14(12)15/h3-16,18-29,32,34,37,39,41-43,46-48H,17H2,1-2H3;3-20,22,24-25,28,32H,1-2H3;1-16,18,20-21H;1-9,14,16,18-19H;3-8H,1-2H3. The molecule has 4 N–H and O–H groups in total. The van der Waals surface area contributed by atoms with Gasteiger partial charge in [0.25, 0.3) is 0 Å². The van der Waals surface area contributed by atoms with Gasteiger partial charge < -0.3 is 20.1 Å². The summed E-state index contributed by atoms with van der Waals surface area (Å²) in [5.41, 5.74) is 34.4. The maximum Gasteiger partial charge on any atom is 0.484 e. The molecule has 9 heteroatoms. The highest BCUT2D eigenvalue weighted by Gasteiger charge is 2.54. The molecule has 4 nitrogen and oxygen atoms in total. The highest BCUT2D eigenvalue weighted by atomic mass is 127. The average molecular weight is 2060 g/mol. The van der Waals surface area contributed by atoms with Gasteiger partial charge in [-0.25, -0.2) is 0 Å². The second kappa shape index (κ2) is 35.6. The van der Waals surface area contributed by atoms with Crippen LogP contribution in [0.4, 0.5) is 0 Å². The third kappa shape index (κ3) is 14.9. The van der Waals surface area contributed by atoms with Gasteiger partial charge in [0.05, 0.1) is 0 Å². The second-order valence-corrected chi connectivity index (χ2v) is 47.4. The molecule has 0 bridgehead atoms. The molecule has 0 aliphatic heterocycles. The monoisotopic (exact) mass is 2060 g/mol. The lowest BCUT2D eigenvalue weighted by Gasteiger charge is -2.48. The zero-order valence-corrected chi connectivity index (χ0v) is 85.3. The van der Waals surface area contributed by atoms with E-state index in [1.54, 1.807) is 16.7 Å². The third-order valence-corrected chi connectivity index (χ3v) is 38.2. The largest absolute Gasteiger partial charge is 0.484 e. The second-order valence-electron chi connectivity index (χ2n) is 44.3. The Labute approximate surface area is 857 Å². The van der Waals surface area contributed by atoms with E-state index in [0.29, 0.717) is 130 Å². The van der Waals surface area contributed by atoms with Gasteiger partial charge in [-0.3, -0.25) is 0 Å². The Balaban J connectivity index is 0.0000000986. The average Bonchev–Trinajstić information content (AvgIpc) is 1.51. The summed E-state index contributed by atoms with van der Waals surface area (Å²) in [6.45, 7) is 14.4. The number of hydrogen-bond acceptors (Lipinski definition) is 4. The molecule has 0 saturated carbocycles. The summed E-state index contributed by atoms with van der Waals surface area (Å²) in [5.74, 6) is 11.5. The predicted octanol–water partition coefficient (Wildman–Crippen LogP) is 30.1. The summed E-state index contributed by atoms with van der Waals surface area (Å²) in [6, 6.07) is 52.4. The molecule has 0 spiro atoms. The fraction of sp³-hybridized carbons (Fsp3) is 0.267. The third-order valence-electron chi connectivity index (χ3n) is 36.5. The minimum atomic E-state index is -1.38. The van der Waals surface area contributed by atoms with Gasteiger partial charge in [0.1, 0.15) is 0 Å². The Kier molecular flexibility index (Phi) is 23.0. The van der Waals surface area contributed by atoms with Crippen molar-refractivity contribution >= 4 is 91.0 Å². The predicted molar refractivity (Wildman–Crippen MR) is 595 cm³/mol. The van der Waals surface area contributed by atoms with Crippen molar-refractivity contribution in [2.75, 3.05) is 0 Å². The van der Waals surface area contributed by atoms with Gasteiger partial charge >= 0.3 is 14.2 Å². The van der Waals surface area contributed by atoms with Crippen LogP contribution in [0, 0.1) is 134 Å². The number of halogens is 3. The molecule has 0 aromatic heterocycles. The van der Waals surface area contributed by atoms with Crippen molar-refractivity contribution in [3.8, 4) is 22.3 Å². The van der Waals surface area contributed by atoms with Crippen LogP contribution < -0.4 is 0 Å². The number of rotatable bonds is 5. The van der Waals surface area contributed by atoms with Crippen molar-refractivity contribution in [1.29, 1.82) is 0 Å². The Morgan fingerprint density at radius 3 is 1.39 bits per heavy atom. The molecule has 0 heterocycles. The molecule has 22 aliphatic carbocycles. The van der Waals surface area contributed by atoms with E-state index in [-0.39, 0.29) is 39.9 Å². The summed E-state index contributed by atoms with van der Waals surface area (Å²) < 4.78 is 3.62. The van der Waals surface area contributed by atoms with E-state index >= 15 is 0 Å². The van der Waals surface area contributed by atoms with Crippen LogP contribution in [0.2, 0.25) is 0 Å². The smallest absolute Gasteiger partial charge is 0.423 e. The number of hydrogen-bond donors (Lipinski definition) is 4. The number of allylic oxidation sites excluding steroid dienone is 54. The molecule has 692 valence electrons. The topological polar surface area (TPSA) is 80.9 Å². The van der Waals surface area contributed by atoms with Crippen LogP contribution in [0.5, 0.6) is 0 Å². The van der Waals surface area contributed by atoms with E-state index < -0.39 is 14.2 Å². The van der Waals surface area contributed by atoms with Crippen LogP contribution in [0.1, 0.15) is 132 Å². The summed E-state index contributed by atoms with van der Waals surface area (Å²) >= 11 is 9.66. The van der Waals surface area contributed by atoms with Crippen molar-refractivity contribution in [2.45, 2.75) is 82.0 Å². The lowest BCUT2D eigenvalue weighted by atomic mass is 9.52. The van der Waals surface area contributed by atoms with Crippen molar-refractivity contribution in [2.24, 2.45) is 130 Å². The van der Waals surface area contributed by atoms with Crippen LogP contribution in [0.3, 0.4) is 0 Å². The Morgan fingerprint density at radius 2 is 0.793 bits per heavy atom. The molecule has 7 aromatic rings. The maximum absolute atomic E-state index is 9.72. The first kappa shape index (κ1) is 90.5. The quantitative estimate of drug-likeness (QED) is 0.0786. The van der Waals surface area contributed by atoms with Crippen molar-refractivity contribution in [3.63, 3.8) is 0 Å². The molecule has 22 aliphatic rings. The molecule has 0 saturated heterocycles. The van der Waals surface area contributed by atoms with Gasteiger partial charge in [0.2, 0.25) is 0 Å². The first-order chi connectivity index (χ1) is 68.1. The fourth-order valence-electron chi connectivity index (χ4n) is 30.0. The summed E-state index contributed by atoms with van der Waals surface area (Å²) in [6.07, 6.45) is 106.